The smallest absolute Gasteiger partial charge is 0.288 e. The van der Waals surface area contributed by atoms with Gasteiger partial charge in [-0.3, -0.25) is 20.6 Å². The van der Waals surface area contributed by atoms with Crippen LogP contribution in [-0.2, 0) is 0 Å². The molecule has 0 fully saturated rings. The third-order valence-electron chi connectivity index (χ3n) is 3.32. The van der Waals surface area contributed by atoms with Crippen molar-refractivity contribution in [2.24, 2.45) is 0 Å². The summed E-state index contributed by atoms with van der Waals surface area (Å²) in [6.45, 7) is 1.92. The molecule has 0 aliphatic rings. The van der Waals surface area contributed by atoms with E-state index in [4.69, 9.17) is 5.73 Å². The minimum atomic E-state index is -0.409. The van der Waals surface area contributed by atoms with Crippen LogP contribution in [-0.4, -0.2) is 25.8 Å². The van der Waals surface area contributed by atoms with Gasteiger partial charge in [0.2, 0.25) is 0 Å². The van der Waals surface area contributed by atoms with E-state index in [0.717, 1.165) is 5.56 Å². The molecule has 3 aromatic heterocycles. The molecule has 0 bridgehead atoms. The maximum atomic E-state index is 12.0. The van der Waals surface area contributed by atoms with Gasteiger partial charge in [0.05, 0.1) is 0 Å². The summed E-state index contributed by atoms with van der Waals surface area (Å²) in [4.78, 5) is 28.3. The number of nitrogens with one attached hydrogen (secondary N) is 3. The van der Waals surface area contributed by atoms with Crippen molar-refractivity contribution in [3.05, 3.63) is 60.3 Å². The molecule has 0 saturated heterocycles. The molecule has 0 atom stereocenters. The number of amides is 1. The maximum Gasteiger partial charge on any atom is 0.288 e. The Balaban J connectivity index is 1.73. The van der Waals surface area contributed by atoms with Gasteiger partial charge >= 0.3 is 0 Å². The average molecular weight is 336 g/mol. The van der Waals surface area contributed by atoms with Crippen LogP contribution in [0, 0.1) is 6.92 Å². The highest BCUT2D eigenvalue weighted by atomic mass is 16.2. The molecule has 9 heteroatoms. The lowest BCUT2D eigenvalue weighted by molar-refractivity contribution is 0.0957. The predicted molar refractivity (Wildman–Crippen MR) is 94.0 cm³/mol. The molecule has 0 saturated carbocycles. The second-order valence-corrected chi connectivity index (χ2v) is 5.07. The number of rotatable bonds is 5. The summed E-state index contributed by atoms with van der Waals surface area (Å²) in [6, 6.07) is 8.79. The van der Waals surface area contributed by atoms with Crippen LogP contribution < -0.4 is 21.9 Å². The molecule has 0 spiro atoms. The molecular formula is C16H16N8O. The Morgan fingerprint density at radius 3 is 2.52 bits per heavy atom. The molecule has 3 heterocycles. The van der Waals surface area contributed by atoms with Gasteiger partial charge in [0.25, 0.3) is 5.91 Å². The standard InChI is InChI=1S/C16H16N8O/c1-10-5-4-8-19-13(10)22-14-12(17)15(21-9-20-14)23-24-16(25)11-6-2-3-7-18-11/h2-9H,17H2,1H3,(H,24,25)(H2,19,20,21,22,23). The van der Waals surface area contributed by atoms with Crippen molar-refractivity contribution in [2.45, 2.75) is 6.92 Å². The summed E-state index contributed by atoms with van der Waals surface area (Å²) in [5, 5.41) is 3.05. The number of hydrogen-bond donors (Lipinski definition) is 4. The first-order valence-electron chi connectivity index (χ1n) is 7.41. The lowest BCUT2D eigenvalue weighted by Crippen LogP contribution is -2.31. The van der Waals surface area contributed by atoms with Crippen molar-refractivity contribution < 1.29 is 4.79 Å². The zero-order valence-corrected chi connectivity index (χ0v) is 13.4. The van der Waals surface area contributed by atoms with Crippen LogP contribution in [0.2, 0.25) is 0 Å². The Bertz CT molecular complexity index is 884. The zero-order valence-electron chi connectivity index (χ0n) is 13.4. The van der Waals surface area contributed by atoms with E-state index in [1.54, 1.807) is 24.4 Å². The quantitative estimate of drug-likeness (QED) is 0.517. The first-order valence-corrected chi connectivity index (χ1v) is 7.41. The Labute approximate surface area is 143 Å². The van der Waals surface area contributed by atoms with Crippen LogP contribution in [0.25, 0.3) is 0 Å². The number of nitrogen functional groups attached to an aromatic ring is 1. The zero-order chi connectivity index (χ0) is 17.6. The molecule has 25 heavy (non-hydrogen) atoms. The third kappa shape index (κ3) is 3.78. The number of carbonyl (C=O) groups is 1. The molecule has 1 amide bonds. The monoisotopic (exact) mass is 336 g/mol. The Hall–Kier alpha value is -3.75. The maximum absolute atomic E-state index is 12.0. The largest absolute Gasteiger partial charge is 0.393 e. The summed E-state index contributed by atoms with van der Waals surface area (Å²) in [5.74, 6) is 0.867. The fraction of sp³-hybridized carbons (Fsp3) is 0.0625. The number of hydrogen-bond acceptors (Lipinski definition) is 8. The molecule has 9 nitrogen and oxygen atoms in total. The number of hydrazine groups is 1. The molecule has 0 aliphatic carbocycles. The van der Waals surface area contributed by atoms with E-state index in [1.807, 2.05) is 19.1 Å². The fourth-order valence-corrected chi connectivity index (χ4v) is 2.00. The van der Waals surface area contributed by atoms with Crippen molar-refractivity contribution in [3.8, 4) is 0 Å². The Morgan fingerprint density at radius 2 is 1.76 bits per heavy atom. The number of nitrogens with zero attached hydrogens (tertiary/aromatic N) is 4. The molecule has 0 unspecified atom stereocenters. The van der Waals surface area contributed by atoms with E-state index in [1.165, 1.54) is 12.5 Å². The summed E-state index contributed by atoms with van der Waals surface area (Å²) < 4.78 is 0. The minimum absolute atomic E-state index is 0.244. The second kappa shape index (κ2) is 7.21. The van der Waals surface area contributed by atoms with Crippen LogP contribution in [0.1, 0.15) is 16.1 Å². The van der Waals surface area contributed by atoms with Gasteiger partial charge in [-0.05, 0) is 30.7 Å². The lowest BCUT2D eigenvalue weighted by Gasteiger charge is -2.13. The molecule has 126 valence electrons. The SMILES string of the molecule is Cc1cccnc1Nc1ncnc(NNC(=O)c2ccccn2)c1N. The number of aryl methyl sites for hydroxylation is 1. The van der Waals surface area contributed by atoms with E-state index in [2.05, 4.69) is 36.1 Å². The van der Waals surface area contributed by atoms with Gasteiger partial charge < -0.3 is 11.1 Å². The summed E-state index contributed by atoms with van der Waals surface area (Å²) in [5.41, 5.74) is 12.7. The summed E-state index contributed by atoms with van der Waals surface area (Å²) in [7, 11) is 0. The Morgan fingerprint density at radius 1 is 0.960 bits per heavy atom. The number of nitrogens with two attached hydrogens (primary N) is 1. The highest BCUT2D eigenvalue weighted by Crippen LogP contribution is 2.25. The van der Waals surface area contributed by atoms with Gasteiger partial charge in [-0.25, -0.2) is 15.0 Å². The fourth-order valence-electron chi connectivity index (χ4n) is 2.00. The van der Waals surface area contributed by atoms with Gasteiger partial charge in [0, 0.05) is 12.4 Å². The molecule has 0 aromatic carbocycles. The first-order chi connectivity index (χ1) is 12.1. The number of pyridine rings is 2. The lowest BCUT2D eigenvalue weighted by atomic mass is 10.3. The van der Waals surface area contributed by atoms with Crippen LogP contribution in [0.15, 0.2) is 49.1 Å². The van der Waals surface area contributed by atoms with E-state index in [-0.39, 0.29) is 17.2 Å². The van der Waals surface area contributed by atoms with Crippen molar-refractivity contribution in [1.29, 1.82) is 0 Å². The van der Waals surface area contributed by atoms with Crippen LogP contribution in [0.5, 0.6) is 0 Å². The molecular weight excluding hydrogens is 320 g/mol. The van der Waals surface area contributed by atoms with E-state index in [0.29, 0.717) is 11.6 Å². The van der Waals surface area contributed by atoms with Crippen LogP contribution >= 0.6 is 0 Å². The molecule has 0 aliphatic heterocycles. The second-order valence-electron chi connectivity index (χ2n) is 5.07. The topological polar surface area (TPSA) is 131 Å². The predicted octanol–water partition coefficient (Wildman–Crippen LogP) is 1.66. The number of anilines is 4. The van der Waals surface area contributed by atoms with Gasteiger partial charge in [-0.1, -0.05) is 12.1 Å². The van der Waals surface area contributed by atoms with Gasteiger partial charge in [0.15, 0.2) is 11.6 Å². The average Bonchev–Trinajstić information content (AvgIpc) is 2.64. The van der Waals surface area contributed by atoms with Crippen LogP contribution in [0.3, 0.4) is 0 Å². The third-order valence-corrected chi connectivity index (χ3v) is 3.32. The number of aromatic nitrogens is 4. The van der Waals surface area contributed by atoms with Crippen molar-refractivity contribution in [2.75, 3.05) is 16.5 Å². The van der Waals surface area contributed by atoms with Crippen molar-refractivity contribution in [3.63, 3.8) is 0 Å². The van der Waals surface area contributed by atoms with Gasteiger partial charge in [-0.15, -0.1) is 0 Å². The highest BCUT2D eigenvalue weighted by Gasteiger charge is 2.11. The molecule has 5 N–H and O–H groups in total. The van der Waals surface area contributed by atoms with E-state index >= 15 is 0 Å². The number of carbonyl (C=O) groups excluding carboxylic acids is 1. The molecule has 0 radical (unpaired) electrons. The van der Waals surface area contributed by atoms with E-state index in [9.17, 15) is 4.79 Å². The molecule has 3 rings (SSSR count). The normalized spacial score (nSPS) is 10.1. The van der Waals surface area contributed by atoms with Crippen molar-refractivity contribution in [1.82, 2.24) is 25.4 Å². The Kier molecular flexibility index (Phi) is 4.65. The van der Waals surface area contributed by atoms with E-state index < -0.39 is 5.91 Å². The van der Waals surface area contributed by atoms with Crippen LogP contribution in [0.4, 0.5) is 23.1 Å². The first kappa shape index (κ1) is 16.1. The van der Waals surface area contributed by atoms with Gasteiger partial charge in [-0.2, -0.15) is 0 Å². The minimum Gasteiger partial charge on any atom is -0.393 e. The summed E-state index contributed by atoms with van der Waals surface area (Å²) >= 11 is 0. The van der Waals surface area contributed by atoms with Crippen molar-refractivity contribution >= 4 is 29.0 Å². The molecule has 3 aromatic rings. The van der Waals surface area contributed by atoms with Gasteiger partial charge in [0.1, 0.15) is 23.5 Å². The summed E-state index contributed by atoms with van der Waals surface area (Å²) in [6.07, 6.45) is 4.52. The highest BCUT2D eigenvalue weighted by molar-refractivity contribution is 5.93.